The second-order valence-corrected chi connectivity index (χ2v) is 8.91. The molecule has 4 aromatic carbocycles. The standard InChI is InChI=1S/C31H27N5O2/c1-2-38-31(37)30-34-28(24-17-9-4-10-18-24)33-35(25-19-11-5-12-20-25)29(34)27(23-15-7-3-8-16-23)32-36(30)26-21-13-6-14-22-26/h3-22,29-30H,2H2,1H3. The van der Waals surface area contributed by atoms with E-state index in [1.165, 1.54) is 0 Å². The van der Waals surface area contributed by atoms with Crippen LogP contribution in [0.15, 0.2) is 132 Å². The summed E-state index contributed by atoms with van der Waals surface area (Å²) in [4.78, 5) is 15.8. The fraction of sp³-hybridized carbons (Fsp3) is 0.129. The average Bonchev–Trinajstić information content (AvgIpc) is 3.39. The van der Waals surface area contributed by atoms with Crippen LogP contribution in [-0.2, 0) is 9.53 Å². The molecule has 2 atom stereocenters. The highest BCUT2D eigenvalue weighted by Gasteiger charge is 2.51. The van der Waals surface area contributed by atoms with Crippen LogP contribution in [-0.4, -0.2) is 41.4 Å². The SMILES string of the molecule is CCOC(=O)C1N(c2ccccc2)N=C(c2ccccc2)C2N(c3ccccc3)N=C(c3ccccc3)N12. The molecule has 0 radical (unpaired) electrons. The number of nitrogens with zero attached hydrogens (tertiary/aromatic N) is 5. The van der Waals surface area contributed by atoms with Crippen molar-refractivity contribution in [3.8, 4) is 0 Å². The second kappa shape index (κ2) is 10.2. The van der Waals surface area contributed by atoms with Gasteiger partial charge in [0.15, 0.2) is 12.0 Å². The Morgan fingerprint density at radius 1 is 0.684 bits per heavy atom. The van der Waals surface area contributed by atoms with Crippen molar-refractivity contribution < 1.29 is 9.53 Å². The summed E-state index contributed by atoms with van der Waals surface area (Å²) in [5, 5.41) is 14.0. The third-order valence-electron chi connectivity index (χ3n) is 6.54. The largest absolute Gasteiger partial charge is 0.463 e. The number of amidine groups is 1. The highest BCUT2D eigenvalue weighted by molar-refractivity contribution is 6.14. The lowest BCUT2D eigenvalue weighted by Crippen LogP contribution is -2.64. The molecule has 6 rings (SSSR count). The molecule has 0 aromatic heterocycles. The summed E-state index contributed by atoms with van der Waals surface area (Å²) in [6.45, 7) is 2.07. The Bertz CT molecular complexity index is 1460. The summed E-state index contributed by atoms with van der Waals surface area (Å²) in [5.41, 5.74) is 4.29. The minimum atomic E-state index is -0.873. The number of esters is 1. The Kier molecular flexibility index (Phi) is 6.32. The molecule has 7 heteroatoms. The van der Waals surface area contributed by atoms with E-state index in [1.807, 2.05) is 138 Å². The van der Waals surface area contributed by atoms with Crippen LogP contribution < -0.4 is 10.0 Å². The number of hydrazone groups is 2. The molecule has 2 unspecified atom stereocenters. The Hall–Kier alpha value is -4.91. The lowest BCUT2D eigenvalue weighted by molar-refractivity contribution is -0.148. The van der Waals surface area contributed by atoms with Crippen molar-refractivity contribution in [2.45, 2.75) is 19.3 Å². The van der Waals surface area contributed by atoms with Crippen molar-refractivity contribution in [3.63, 3.8) is 0 Å². The maximum absolute atomic E-state index is 13.7. The van der Waals surface area contributed by atoms with E-state index in [1.54, 1.807) is 5.01 Å². The predicted molar refractivity (Wildman–Crippen MR) is 150 cm³/mol. The number of carbonyl (C=O) groups excluding carboxylic acids is 1. The zero-order valence-corrected chi connectivity index (χ0v) is 21.0. The fourth-order valence-electron chi connectivity index (χ4n) is 4.88. The zero-order chi connectivity index (χ0) is 25.9. The lowest BCUT2D eigenvalue weighted by Gasteiger charge is -2.44. The second-order valence-electron chi connectivity index (χ2n) is 8.91. The minimum absolute atomic E-state index is 0.256. The van der Waals surface area contributed by atoms with E-state index in [4.69, 9.17) is 14.9 Å². The molecular formula is C31H27N5O2. The Morgan fingerprint density at radius 2 is 1.18 bits per heavy atom. The first-order valence-corrected chi connectivity index (χ1v) is 12.7. The van der Waals surface area contributed by atoms with Gasteiger partial charge >= 0.3 is 5.97 Å². The van der Waals surface area contributed by atoms with Gasteiger partial charge in [0, 0.05) is 11.1 Å². The summed E-state index contributed by atoms with van der Waals surface area (Å²) in [6, 6.07) is 39.7. The third-order valence-corrected chi connectivity index (χ3v) is 6.54. The van der Waals surface area contributed by atoms with Crippen LogP contribution in [0.2, 0.25) is 0 Å². The Balaban J connectivity index is 1.62. The van der Waals surface area contributed by atoms with Crippen LogP contribution in [0.3, 0.4) is 0 Å². The summed E-state index contributed by atoms with van der Waals surface area (Å²) in [6.07, 6.45) is -1.35. The van der Waals surface area contributed by atoms with Crippen molar-refractivity contribution in [1.29, 1.82) is 0 Å². The Morgan fingerprint density at radius 3 is 1.74 bits per heavy atom. The van der Waals surface area contributed by atoms with Crippen LogP contribution in [0.4, 0.5) is 11.4 Å². The van der Waals surface area contributed by atoms with Gasteiger partial charge in [0.1, 0.15) is 5.71 Å². The van der Waals surface area contributed by atoms with E-state index in [0.29, 0.717) is 5.84 Å². The first-order valence-electron chi connectivity index (χ1n) is 12.7. The lowest BCUT2D eigenvalue weighted by atomic mass is 10.0. The number of benzene rings is 4. The molecule has 0 saturated carbocycles. The molecule has 0 amide bonds. The number of hydrogen-bond acceptors (Lipinski definition) is 7. The van der Waals surface area contributed by atoms with Gasteiger partial charge in [-0.2, -0.15) is 10.2 Å². The minimum Gasteiger partial charge on any atom is -0.463 e. The summed E-state index contributed by atoms with van der Waals surface area (Å²) < 4.78 is 5.64. The van der Waals surface area contributed by atoms with Gasteiger partial charge in [0.2, 0.25) is 6.17 Å². The van der Waals surface area contributed by atoms with Gasteiger partial charge in [-0.05, 0) is 31.2 Å². The van der Waals surface area contributed by atoms with Crippen LogP contribution in [0.1, 0.15) is 18.1 Å². The van der Waals surface area contributed by atoms with E-state index >= 15 is 0 Å². The highest BCUT2D eigenvalue weighted by atomic mass is 16.5. The molecule has 2 aliphatic heterocycles. The van der Waals surface area contributed by atoms with Crippen molar-refractivity contribution in [1.82, 2.24) is 4.90 Å². The average molecular weight is 502 g/mol. The summed E-state index contributed by atoms with van der Waals surface area (Å²) >= 11 is 0. The molecule has 0 N–H and O–H groups in total. The molecule has 0 fully saturated rings. The van der Waals surface area contributed by atoms with Gasteiger partial charge in [-0.25, -0.2) is 14.8 Å². The summed E-state index contributed by atoms with van der Waals surface area (Å²) in [7, 11) is 0. The van der Waals surface area contributed by atoms with E-state index in [2.05, 4.69) is 0 Å². The molecule has 2 heterocycles. The van der Waals surface area contributed by atoms with E-state index < -0.39 is 18.3 Å². The third kappa shape index (κ3) is 4.18. The number of fused-ring (bicyclic) bond motifs is 1. The van der Waals surface area contributed by atoms with Gasteiger partial charge in [0.05, 0.1) is 18.0 Å². The smallest absolute Gasteiger partial charge is 0.351 e. The van der Waals surface area contributed by atoms with Crippen molar-refractivity contribution >= 4 is 28.9 Å². The molecule has 0 saturated heterocycles. The normalized spacial score (nSPS) is 18.5. The Labute approximate surface area is 221 Å². The molecule has 7 nitrogen and oxygen atoms in total. The number of carbonyl (C=O) groups is 1. The van der Waals surface area contributed by atoms with Gasteiger partial charge in [-0.15, -0.1) is 0 Å². The van der Waals surface area contributed by atoms with Crippen molar-refractivity contribution in [3.05, 3.63) is 132 Å². The number of rotatable bonds is 6. The number of ether oxygens (including phenoxy) is 1. The molecule has 0 bridgehead atoms. The maximum Gasteiger partial charge on any atom is 0.351 e. The van der Waals surface area contributed by atoms with Crippen LogP contribution in [0, 0.1) is 0 Å². The van der Waals surface area contributed by atoms with E-state index in [9.17, 15) is 4.79 Å². The van der Waals surface area contributed by atoms with Crippen LogP contribution in [0.5, 0.6) is 0 Å². The predicted octanol–water partition coefficient (Wildman–Crippen LogP) is 5.31. The number of hydrogen-bond donors (Lipinski definition) is 0. The molecule has 188 valence electrons. The molecule has 0 aliphatic carbocycles. The van der Waals surface area contributed by atoms with E-state index in [0.717, 1.165) is 28.2 Å². The molecule has 4 aromatic rings. The molecule has 38 heavy (non-hydrogen) atoms. The quantitative estimate of drug-likeness (QED) is 0.335. The van der Waals surface area contributed by atoms with Gasteiger partial charge in [0.25, 0.3) is 0 Å². The van der Waals surface area contributed by atoms with Crippen molar-refractivity contribution in [2.75, 3.05) is 16.6 Å². The zero-order valence-electron chi connectivity index (χ0n) is 21.0. The van der Waals surface area contributed by atoms with Gasteiger partial charge in [-0.1, -0.05) is 97.1 Å². The topological polar surface area (TPSA) is 60.7 Å². The highest BCUT2D eigenvalue weighted by Crippen LogP contribution is 2.37. The van der Waals surface area contributed by atoms with Crippen LogP contribution in [0.25, 0.3) is 0 Å². The van der Waals surface area contributed by atoms with E-state index in [-0.39, 0.29) is 6.61 Å². The first-order chi connectivity index (χ1) is 18.8. The molecular weight excluding hydrogens is 474 g/mol. The van der Waals surface area contributed by atoms with Gasteiger partial charge < -0.3 is 4.74 Å². The monoisotopic (exact) mass is 501 g/mol. The fourth-order valence-corrected chi connectivity index (χ4v) is 4.88. The van der Waals surface area contributed by atoms with Crippen LogP contribution >= 0.6 is 0 Å². The first kappa shape index (κ1) is 23.5. The number of anilines is 2. The van der Waals surface area contributed by atoms with Crippen molar-refractivity contribution in [2.24, 2.45) is 10.2 Å². The summed E-state index contributed by atoms with van der Waals surface area (Å²) in [5.74, 6) is 0.275. The van der Waals surface area contributed by atoms with Gasteiger partial charge in [-0.3, -0.25) is 4.90 Å². The molecule has 0 spiro atoms. The molecule has 2 aliphatic rings. The number of para-hydroxylation sites is 2. The maximum atomic E-state index is 13.7.